The fourth-order valence-electron chi connectivity index (χ4n) is 2.92. The molecule has 6 nitrogen and oxygen atoms in total. The van der Waals surface area contributed by atoms with Crippen molar-refractivity contribution >= 4 is 57.8 Å². The molecule has 0 aliphatic carbocycles. The highest BCUT2D eigenvalue weighted by Gasteiger charge is 2.31. The van der Waals surface area contributed by atoms with E-state index >= 15 is 0 Å². The van der Waals surface area contributed by atoms with Crippen LogP contribution >= 0.6 is 24.0 Å². The number of anilines is 1. The van der Waals surface area contributed by atoms with Crippen LogP contribution < -0.4 is 5.32 Å². The van der Waals surface area contributed by atoms with E-state index in [-0.39, 0.29) is 17.6 Å². The second kappa shape index (κ2) is 10.9. The third-order valence-corrected chi connectivity index (χ3v) is 5.93. The van der Waals surface area contributed by atoms with Crippen molar-refractivity contribution < 1.29 is 19.1 Å². The average molecular weight is 455 g/mol. The minimum atomic E-state index is -0.398. The highest BCUT2D eigenvalue weighted by molar-refractivity contribution is 8.19. The number of nitrogens with one attached hydrogen (secondary N) is 1. The zero-order valence-electron chi connectivity index (χ0n) is 17.0. The third kappa shape index (κ3) is 6.26. The van der Waals surface area contributed by atoms with Gasteiger partial charge in [0.25, 0.3) is 5.24 Å². The number of hydrogen-bond donors (Lipinski definition) is 1. The maximum absolute atomic E-state index is 12.3. The van der Waals surface area contributed by atoms with E-state index in [2.05, 4.69) is 5.32 Å². The second-order valence-corrected chi connectivity index (χ2v) is 8.07. The SMILES string of the molecule is CCOC(=O)c1ccc(NC(=O)CCCN2C(=O)SC(=Cc3ccccc3)C2=S)cc1. The number of hydrogen-bond acceptors (Lipinski definition) is 6. The van der Waals surface area contributed by atoms with Crippen LogP contribution in [0.15, 0.2) is 59.5 Å². The molecule has 0 atom stereocenters. The van der Waals surface area contributed by atoms with Crippen molar-refractivity contribution in [1.29, 1.82) is 0 Å². The van der Waals surface area contributed by atoms with Crippen LogP contribution in [0.2, 0.25) is 0 Å². The summed E-state index contributed by atoms with van der Waals surface area (Å²) in [5.41, 5.74) is 2.00. The predicted molar refractivity (Wildman–Crippen MR) is 127 cm³/mol. The number of rotatable bonds is 8. The first kappa shape index (κ1) is 22.7. The Labute approximate surface area is 190 Å². The molecule has 0 saturated carbocycles. The molecule has 160 valence electrons. The van der Waals surface area contributed by atoms with Crippen LogP contribution in [0.4, 0.5) is 10.5 Å². The molecule has 0 radical (unpaired) electrons. The molecule has 1 aliphatic heterocycles. The number of amides is 2. The fourth-order valence-corrected chi connectivity index (χ4v) is 4.21. The lowest BCUT2D eigenvalue weighted by Crippen LogP contribution is -2.28. The molecule has 1 N–H and O–H groups in total. The van der Waals surface area contributed by atoms with Crippen molar-refractivity contribution in [3.05, 3.63) is 70.6 Å². The molecule has 2 amide bonds. The lowest BCUT2D eigenvalue weighted by atomic mass is 10.2. The molecule has 8 heteroatoms. The number of benzene rings is 2. The third-order valence-electron chi connectivity index (χ3n) is 4.44. The summed E-state index contributed by atoms with van der Waals surface area (Å²) in [5, 5.41) is 2.66. The van der Waals surface area contributed by atoms with Gasteiger partial charge in [-0.2, -0.15) is 0 Å². The highest BCUT2D eigenvalue weighted by atomic mass is 32.2. The lowest BCUT2D eigenvalue weighted by Gasteiger charge is -2.14. The van der Waals surface area contributed by atoms with Gasteiger partial charge in [0.05, 0.1) is 17.1 Å². The molecule has 2 aromatic carbocycles. The first-order valence-corrected chi connectivity index (χ1v) is 11.1. The summed E-state index contributed by atoms with van der Waals surface area (Å²) in [5.74, 6) is -0.570. The Morgan fingerprint density at radius 3 is 2.52 bits per heavy atom. The number of thioether (sulfide) groups is 1. The van der Waals surface area contributed by atoms with E-state index < -0.39 is 5.97 Å². The predicted octanol–water partition coefficient (Wildman–Crippen LogP) is 5.12. The van der Waals surface area contributed by atoms with Crippen molar-refractivity contribution in [2.75, 3.05) is 18.5 Å². The molecule has 2 aromatic rings. The molecule has 0 aromatic heterocycles. The molecule has 1 heterocycles. The van der Waals surface area contributed by atoms with Gasteiger partial charge >= 0.3 is 5.97 Å². The molecule has 0 bridgehead atoms. The minimum Gasteiger partial charge on any atom is -0.462 e. The van der Waals surface area contributed by atoms with Crippen LogP contribution in [-0.2, 0) is 9.53 Å². The van der Waals surface area contributed by atoms with Crippen LogP contribution in [0, 0.1) is 0 Å². The van der Waals surface area contributed by atoms with Crippen LogP contribution in [0.5, 0.6) is 0 Å². The largest absolute Gasteiger partial charge is 0.462 e. The molecule has 0 unspecified atom stereocenters. The van der Waals surface area contributed by atoms with Gasteiger partial charge in [0.1, 0.15) is 4.99 Å². The molecule has 1 saturated heterocycles. The highest BCUT2D eigenvalue weighted by Crippen LogP contribution is 2.33. The van der Waals surface area contributed by atoms with E-state index in [9.17, 15) is 14.4 Å². The molecule has 1 aliphatic rings. The van der Waals surface area contributed by atoms with Crippen molar-refractivity contribution in [3.63, 3.8) is 0 Å². The summed E-state index contributed by atoms with van der Waals surface area (Å²) in [6, 6.07) is 16.2. The van der Waals surface area contributed by atoms with E-state index in [0.717, 1.165) is 22.2 Å². The molecule has 0 spiro atoms. The number of nitrogens with zero attached hydrogens (tertiary/aromatic N) is 1. The zero-order chi connectivity index (χ0) is 22.2. The molecule has 3 rings (SSSR count). The number of carbonyl (C=O) groups excluding carboxylic acids is 3. The van der Waals surface area contributed by atoms with Gasteiger partial charge in [-0.3, -0.25) is 14.5 Å². The summed E-state index contributed by atoms with van der Waals surface area (Å²) in [6.45, 7) is 2.43. The normalized spacial score (nSPS) is 14.7. The van der Waals surface area contributed by atoms with Gasteiger partial charge in [0, 0.05) is 18.7 Å². The van der Waals surface area contributed by atoms with E-state index in [0.29, 0.717) is 35.8 Å². The van der Waals surface area contributed by atoms with Gasteiger partial charge in [0.2, 0.25) is 5.91 Å². The average Bonchev–Trinajstić information content (AvgIpc) is 3.02. The van der Waals surface area contributed by atoms with Crippen LogP contribution in [0.3, 0.4) is 0 Å². The van der Waals surface area contributed by atoms with Crippen molar-refractivity contribution in [3.8, 4) is 0 Å². The number of thiocarbonyl (C=S) groups is 1. The van der Waals surface area contributed by atoms with E-state index in [4.69, 9.17) is 17.0 Å². The van der Waals surface area contributed by atoms with Crippen LogP contribution in [0.1, 0.15) is 35.7 Å². The monoisotopic (exact) mass is 454 g/mol. The maximum Gasteiger partial charge on any atom is 0.338 e. The van der Waals surface area contributed by atoms with Gasteiger partial charge in [-0.05, 0) is 61.0 Å². The Bertz CT molecular complexity index is 1000. The Morgan fingerprint density at radius 2 is 1.84 bits per heavy atom. The molecular formula is C23H22N2O4S2. The van der Waals surface area contributed by atoms with Gasteiger partial charge in [-0.15, -0.1) is 0 Å². The summed E-state index contributed by atoms with van der Waals surface area (Å²) in [7, 11) is 0. The number of carbonyl (C=O) groups is 3. The number of esters is 1. The second-order valence-electron chi connectivity index (χ2n) is 6.69. The summed E-state index contributed by atoms with van der Waals surface area (Å²) < 4.78 is 4.93. The topological polar surface area (TPSA) is 75.7 Å². The Kier molecular flexibility index (Phi) is 7.97. The van der Waals surface area contributed by atoms with Crippen molar-refractivity contribution in [1.82, 2.24) is 4.90 Å². The quantitative estimate of drug-likeness (QED) is 0.339. The Hall–Kier alpha value is -2.97. The minimum absolute atomic E-state index is 0.123. The van der Waals surface area contributed by atoms with Gasteiger partial charge in [0.15, 0.2) is 0 Å². The van der Waals surface area contributed by atoms with Crippen molar-refractivity contribution in [2.45, 2.75) is 19.8 Å². The van der Waals surface area contributed by atoms with E-state index in [1.807, 2.05) is 36.4 Å². The summed E-state index contributed by atoms with van der Waals surface area (Å²) >= 11 is 6.57. The molecular weight excluding hydrogens is 432 g/mol. The van der Waals surface area contributed by atoms with E-state index in [1.54, 1.807) is 31.2 Å². The van der Waals surface area contributed by atoms with Gasteiger partial charge in [-0.1, -0.05) is 42.5 Å². The van der Waals surface area contributed by atoms with Gasteiger partial charge < -0.3 is 10.1 Å². The zero-order valence-corrected chi connectivity index (χ0v) is 18.6. The van der Waals surface area contributed by atoms with E-state index in [1.165, 1.54) is 4.90 Å². The molecule has 31 heavy (non-hydrogen) atoms. The summed E-state index contributed by atoms with van der Waals surface area (Å²) in [6.07, 6.45) is 2.63. The first-order valence-electron chi connectivity index (χ1n) is 9.85. The Morgan fingerprint density at radius 1 is 1.13 bits per heavy atom. The lowest BCUT2D eigenvalue weighted by molar-refractivity contribution is -0.116. The number of ether oxygens (including phenoxy) is 1. The standard InChI is InChI=1S/C23H22N2O4S2/c1-2-29-22(27)17-10-12-18(13-11-17)24-20(26)9-6-14-25-21(30)19(31-23(25)28)15-16-7-4-3-5-8-16/h3-5,7-8,10-13,15H,2,6,9,14H2,1H3,(H,24,26). The first-order chi connectivity index (χ1) is 15.0. The molecule has 1 fully saturated rings. The van der Waals surface area contributed by atoms with Crippen molar-refractivity contribution in [2.24, 2.45) is 0 Å². The summed E-state index contributed by atoms with van der Waals surface area (Å²) in [4.78, 5) is 39.0. The smallest absolute Gasteiger partial charge is 0.338 e. The Balaban J connectivity index is 1.48. The fraction of sp³-hybridized carbons (Fsp3) is 0.217. The van der Waals surface area contributed by atoms with Crippen LogP contribution in [-0.4, -0.2) is 40.2 Å². The van der Waals surface area contributed by atoms with Crippen LogP contribution in [0.25, 0.3) is 6.08 Å². The van der Waals surface area contributed by atoms with Gasteiger partial charge in [-0.25, -0.2) is 4.79 Å². The maximum atomic E-state index is 12.3.